The Morgan fingerprint density at radius 1 is 1.29 bits per heavy atom. The Hall–Kier alpha value is -0.650. The summed E-state index contributed by atoms with van der Waals surface area (Å²) in [5, 5.41) is 5.98. The van der Waals surface area contributed by atoms with Crippen molar-refractivity contribution in [2.45, 2.75) is 32.7 Å². The summed E-state index contributed by atoms with van der Waals surface area (Å²) in [4.78, 5) is 11.4. The molecule has 0 aliphatic rings. The number of methoxy groups -OCH3 is 1. The quantitative estimate of drug-likeness (QED) is 0.523. The van der Waals surface area contributed by atoms with Gasteiger partial charge in [-0.05, 0) is 26.3 Å². The predicted molar refractivity (Wildman–Crippen MR) is 68.1 cm³/mol. The van der Waals surface area contributed by atoms with Gasteiger partial charge in [0.25, 0.3) is 0 Å². The van der Waals surface area contributed by atoms with Crippen molar-refractivity contribution in [3.63, 3.8) is 0 Å². The van der Waals surface area contributed by atoms with Gasteiger partial charge in [-0.2, -0.15) is 0 Å². The second-order valence-electron chi connectivity index (χ2n) is 4.01. The summed E-state index contributed by atoms with van der Waals surface area (Å²) >= 11 is 0. The van der Waals surface area contributed by atoms with E-state index in [0.717, 1.165) is 19.4 Å². The molecule has 0 fully saturated rings. The van der Waals surface area contributed by atoms with Gasteiger partial charge >= 0.3 is 0 Å². The molecule has 0 saturated heterocycles. The highest BCUT2D eigenvalue weighted by Gasteiger charge is 2.03. The van der Waals surface area contributed by atoms with Crippen LogP contribution in [0.3, 0.4) is 0 Å². The molecule has 0 aromatic carbocycles. The van der Waals surface area contributed by atoms with Crippen LogP contribution < -0.4 is 10.6 Å². The second-order valence-corrected chi connectivity index (χ2v) is 4.01. The Morgan fingerprint density at radius 2 is 2.06 bits per heavy atom. The molecule has 0 aliphatic heterocycles. The van der Waals surface area contributed by atoms with Crippen molar-refractivity contribution in [1.29, 1.82) is 0 Å². The molecular weight excluding hydrogens is 220 g/mol. The van der Waals surface area contributed by atoms with Gasteiger partial charge in [-0.25, -0.2) is 0 Å². The van der Waals surface area contributed by atoms with Crippen LogP contribution in [0.1, 0.15) is 26.7 Å². The Kier molecular flexibility index (Phi) is 11.4. The lowest BCUT2D eigenvalue weighted by molar-refractivity contribution is -0.120. The molecule has 0 radical (unpaired) electrons. The summed E-state index contributed by atoms with van der Waals surface area (Å²) in [6.07, 6.45) is 1.86. The maximum atomic E-state index is 11.4. The van der Waals surface area contributed by atoms with Gasteiger partial charge < -0.3 is 20.1 Å². The van der Waals surface area contributed by atoms with Gasteiger partial charge in [-0.1, -0.05) is 6.92 Å². The smallest absolute Gasteiger partial charge is 0.234 e. The summed E-state index contributed by atoms with van der Waals surface area (Å²) in [7, 11) is 1.65. The molecule has 1 unspecified atom stereocenters. The van der Waals surface area contributed by atoms with Crippen LogP contribution in [0.2, 0.25) is 0 Å². The van der Waals surface area contributed by atoms with E-state index in [1.54, 1.807) is 7.11 Å². The number of hydrogen-bond donors (Lipinski definition) is 2. The SMILES string of the molecule is CCC(C)NC(=O)CNCCCOCCOC. The van der Waals surface area contributed by atoms with Crippen LogP contribution in [0, 0.1) is 0 Å². The molecule has 5 nitrogen and oxygen atoms in total. The molecule has 0 aromatic rings. The Balaban J connectivity index is 3.19. The molecule has 0 aliphatic carbocycles. The van der Waals surface area contributed by atoms with Gasteiger partial charge in [0, 0.05) is 19.8 Å². The third kappa shape index (κ3) is 11.6. The summed E-state index contributed by atoms with van der Waals surface area (Å²) in [5.41, 5.74) is 0. The van der Waals surface area contributed by atoms with Gasteiger partial charge in [-0.3, -0.25) is 4.79 Å². The maximum Gasteiger partial charge on any atom is 0.234 e. The number of hydrogen-bond acceptors (Lipinski definition) is 4. The van der Waals surface area contributed by atoms with E-state index in [-0.39, 0.29) is 11.9 Å². The van der Waals surface area contributed by atoms with E-state index in [4.69, 9.17) is 9.47 Å². The number of carbonyl (C=O) groups is 1. The Bertz CT molecular complexity index is 189. The van der Waals surface area contributed by atoms with Crippen LogP contribution in [-0.4, -0.2) is 52.0 Å². The van der Waals surface area contributed by atoms with Crippen LogP contribution in [-0.2, 0) is 14.3 Å². The highest BCUT2D eigenvalue weighted by atomic mass is 16.5. The standard InChI is InChI=1S/C12H26N2O3/c1-4-11(2)14-12(15)10-13-6-5-7-17-9-8-16-3/h11,13H,4-10H2,1-3H3,(H,14,15). The predicted octanol–water partition coefficient (Wildman–Crippen LogP) is 0.544. The van der Waals surface area contributed by atoms with Crippen molar-refractivity contribution in [2.24, 2.45) is 0 Å². The zero-order valence-electron chi connectivity index (χ0n) is 11.3. The summed E-state index contributed by atoms with van der Waals surface area (Å²) < 4.78 is 10.2. The molecule has 0 saturated carbocycles. The maximum absolute atomic E-state index is 11.4. The lowest BCUT2D eigenvalue weighted by Crippen LogP contribution is -2.39. The van der Waals surface area contributed by atoms with E-state index in [1.807, 2.05) is 6.92 Å². The summed E-state index contributed by atoms with van der Waals surface area (Å²) in [6.45, 7) is 7.18. The van der Waals surface area contributed by atoms with Gasteiger partial charge in [0.05, 0.1) is 19.8 Å². The van der Waals surface area contributed by atoms with Gasteiger partial charge in [0.15, 0.2) is 0 Å². The zero-order chi connectivity index (χ0) is 12.9. The number of nitrogens with one attached hydrogen (secondary N) is 2. The first-order valence-corrected chi connectivity index (χ1v) is 6.27. The number of amides is 1. The number of carbonyl (C=O) groups excluding carboxylic acids is 1. The van der Waals surface area contributed by atoms with Gasteiger partial charge in [0.2, 0.25) is 5.91 Å². The lowest BCUT2D eigenvalue weighted by atomic mass is 10.2. The van der Waals surface area contributed by atoms with E-state index in [2.05, 4.69) is 17.6 Å². The largest absolute Gasteiger partial charge is 0.382 e. The molecule has 0 aromatic heterocycles. The number of ether oxygens (including phenoxy) is 2. The third-order valence-electron chi connectivity index (χ3n) is 2.38. The molecule has 0 bridgehead atoms. The zero-order valence-corrected chi connectivity index (χ0v) is 11.3. The van der Waals surface area contributed by atoms with Crippen LogP contribution in [0.15, 0.2) is 0 Å². The summed E-state index contributed by atoms with van der Waals surface area (Å²) in [6, 6.07) is 0.252. The average Bonchev–Trinajstić information content (AvgIpc) is 2.32. The Labute approximate surface area is 104 Å². The van der Waals surface area contributed by atoms with Crippen molar-refractivity contribution in [1.82, 2.24) is 10.6 Å². The molecule has 2 N–H and O–H groups in total. The first kappa shape index (κ1) is 16.4. The van der Waals surface area contributed by atoms with E-state index >= 15 is 0 Å². The van der Waals surface area contributed by atoms with Crippen LogP contribution in [0.25, 0.3) is 0 Å². The molecule has 17 heavy (non-hydrogen) atoms. The van der Waals surface area contributed by atoms with Crippen LogP contribution >= 0.6 is 0 Å². The highest BCUT2D eigenvalue weighted by molar-refractivity contribution is 5.78. The van der Waals surface area contributed by atoms with Crippen molar-refractivity contribution < 1.29 is 14.3 Å². The minimum absolute atomic E-state index is 0.0552. The van der Waals surface area contributed by atoms with Gasteiger partial charge in [-0.15, -0.1) is 0 Å². The van der Waals surface area contributed by atoms with E-state index < -0.39 is 0 Å². The topological polar surface area (TPSA) is 59.6 Å². The van der Waals surface area contributed by atoms with Gasteiger partial charge in [0.1, 0.15) is 0 Å². The third-order valence-corrected chi connectivity index (χ3v) is 2.38. The van der Waals surface area contributed by atoms with Crippen LogP contribution in [0.5, 0.6) is 0 Å². The first-order valence-electron chi connectivity index (χ1n) is 6.27. The molecule has 5 heteroatoms. The van der Waals surface area contributed by atoms with E-state index in [1.165, 1.54) is 0 Å². The minimum atomic E-state index is 0.0552. The van der Waals surface area contributed by atoms with E-state index in [0.29, 0.717) is 26.4 Å². The normalized spacial score (nSPS) is 12.4. The summed E-state index contributed by atoms with van der Waals surface area (Å²) in [5.74, 6) is 0.0552. The lowest BCUT2D eigenvalue weighted by Gasteiger charge is -2.11. The minimum Gasteiger partial charge on any atom is -0.382 e. The Morgan fingerprint density at radius 3 is 2.71 bits per heavy atom. The average molecular weight is 246 g/mol. The fourth-order valence-electron chi connectivity index (χ4n) is 1.17. The highest BCUT2D eigenvalue weighted by Crippen LogP contribution is 1.86. The fraction of sp³-hybridized carbons (Fsp3) is 0.917. The monoisotopic (exact) mass is 246 g/mol. The fourth-order valence-corrected chi connectivity index (χ4v) is 1.17. The van der Waals surface area contributed by atoms with Crippen molar-refractivity contribution in [3.05, 3.63) is 0 Å². The molecular formula is C12H26N2O3. The van der Waals surface area contributed by atoms with Crippen LogP contribution in [0.4, 0.5) is 0 Å². The van der Waals surface area contributed by atoms with E-state index in [9.17, 15) is 4.79 Å². The molecule has 0 spiro atoms. The molecule has 1 atom stereocenters. The molecule has 102 valence electrons. The first-order chi connectivity index (χ1) is 8.20. The van der Waals surface area contributed by atoms with Crippen molar-refractivity contribution >= 4 is 5.91 Å². The second kappa shape index (κ2) is 11.8. The number of rotatable bonds is 11. The molecule has 0 heterocycles. The van der Waals surface area contributed by atoms with Crippen molar-refractivity contribution in [3.8, 4) is 0 Å². The molecule has 0 rings (SSSR count). The van der Waals surface area contributed by atoms with Crippen molar-refractivity contribution in [2.75, 3.05) is 40.0 Å². The molecule has 1 amide bonds.